The van der Waals surface area contributed by atoms with Gasteiger partial charge in [0.1, 0.15) is 12.0 Å². The zero-order valence-electron chi connectivity index (χ0n) is 19.2. The number of hydrogen-bond acceptors (Lipinski definition) is 6. The second-order valence-electron chi connectivity index (χ2n) is 9.61. The molecule has 8 nitrogen and oxygen atoms in total. The van der Waals surface area contributed by atoms with Gasteiger partial charge in [-0.05, 0) is 12.8 Å². The van der Waals surface area contributed by atoms with E-state index in [1.807, 2.05) is 0 Å². The first-order valence-electron chi connectivity index (χ1n) is 10.8. The minimum Gasteiger partial charge on any atom is -0.370 e. The van der Waals surface area contributed by atoms with E-state index >= 15 is 0 Å². The van der Waals surface area contributed by atoms with Gasteiger partial charge in [0.05, 0.1) is 12.2 Å². The van der Waals surface area contributed by atoms with Gasteiger partial charge in [-0.15, -0.1) is 12.4 Å². The van der Waals surface area contributed by atoms with Crippen molar-refractivity contribution in [2.24, 2.45) is 5.73 Å². The molecule has 0 saturated carbocycles. The van der Waals surface area contributed by atoms with E-state index in [1.54, 1.807) is 20.8 Å². The van der Waals surface area contributed by atoms with Gasteiger partial charge in [0.2, 0.25) is 11.8 Å². The van der Waals surface area contributed by atoms with Gasteiger partial charge >= 0.3 is 6.18 Å². The summed E-state index contributed by atoms with van der Waals surface area (Å²) in [5.74, 6) is -0.830. The maximum Gasteiger partial charge on any atom is 0.433 e. The molecule has 1 aromatic rings. The summed E-state index contributed by atoms with van der Waals surface area (Å²) in [5.41, 5.74) is 4.43. The largest absolute Gasteiger partial charge is 0.433 e. The van der Waals surface area contributed by atoms with E-state index in [2.05, 4.69) is 9.97 Å². The Bertz CT molecular complexity index is 925. The van der Waals surface area contributed by atoms with Crippen LogP contribution in [0.15, 0.2) is 0 Å². The lowest BCUT2D eigenvalue weighted by Crippen LogP contribution is -2.54. The quantitative estimate of drug-likeness (QED) is 0.599. The first-order valence-corrected chi connectivity index (χ1v) is 10.8. The zero-order chi connectivity index (χ0) is 24.7. The van der Waals surface area contributed by atoms with Crippen molar-refractivity contribution < 1.29 is 32.3 Å². The van der Waals surface area contributed by atoms with Crippen LogP contribution in [0.4, 0.5) is 17.6 Å². The normalized spacial score (nSPS) is 22.2. The van der Waals surface area contributed by atoms with Crippen LogP contribution in [0.3, 0.4) is 0 Å². The van der Waals surface area contributed by atoms with Crippen LogP contribution in [0.2, 0.25) is 0 Å². The molecule has 0 radical (unpaired) electrons. The van der Waals surface area contributed by atoms with Crippen molar-refractivity contribution >= 4 is 24.2 Å². The minimum absolute atomic E-state index is 0. The zero-order valence-corrected chi connectivity index (χ0v) is 20.0. The lowest BCUT2D eigenvalue weighted by molar-refractivity contribution is -0.155. The number of amides is 2. The molecular weight excluding hydrogens is 482 g/mol. The summed E-state index contributed by atoms with van der Waals surface area (Å²) < 4.78 is 54.6. The van der Waals surface area contributed by atoms with E-state index in [0.29, 0.717) is 0 Å². The van der Waals surface area contributed by atoms with E-state index in [9.17, 15) is 32.3 Å². The molecule has 2 aliphatic heterocycles. The monoisotopic (exact) mass is 511 g/mol. The van der Waals surface area contributed by atoms with Gasteiger partial charge in [-0.3, -0.25) is 9.59 Å². The van der Waals surface area contributed by atoms with E-state index in [-0.39, 0.29) is 74.8 Å². The fraction of sp³-hybridized carbons (Fsp3) is 0.714. The van der Waals surface area contributed by atoms with Crippen LogP contribution in [0.5, 0.6) is 0 Å². The molecule has 13 heteroatoms. The summed E-state index contributed by atoms with van der Waals surface area (Å²) in [7, 11) is 0. The molecule has 1 fully saturated rings. The molecule has 0 spiro atoms. The Labute approximate surface area is 201 Å². The Morgan fingerprint density at radius 3 is 2.47 bits per heavy atom. The number of carbonyl (C=O) groups excluding carboxylic acids is 2. The highest BCUT2D eigenvalue weighted by Crippen LogP contribution is 2.35. The summed E-state index contributed by atoms with van der Waals surface area (Å²) in [4.78, 5) is 35.2. The van der Waals surface area contributed by atoms with E-state index in [0.717, 1.165) is 4.90 Å². The van der Waals surface area contributed by atoms with Gasteiger partial charge < -0.3 is 20.6 Å². The van der Waals surface area contributed by atoms with Crippen LogP contribution >= 0.6 is 12.4 Å². The number of fused-ring (bicyclic) bond motifs is 1. The van der Waals surface area contributed by atoms with Crippen molar-refractivity contribution in [1.29, 1.82) is 0 Å². The maximum atomic E-state index is 13.7. The minimum atomic E-state index is -4.64. The molecule has 0 aromatic carbocycles. The molecule has 2 amide bonds. The Morgan fingerprint density at radius 1 is 1.24 bits per heavy atom. The molecule has 3 rings (SSSR count). The molecule has 3 heterocycles. The lowest BCUT2D eigenvalue weighted by Gasteiger charge is -2.36. The van der Waals surface area contributed by atoms with Crippen molar-refractivity contribution in [3.05, 3.63) is 22.8 Å². The second kappa shape index (κ2) is 10.3. The number of aromatic nitrogens is 2. The summed E-state index contributed by atoms with van der Waals surface area (Å²) >= 11 is 0. The van der Waals surface area contributed by atoms with E-state index < -0.39 is 47.5 Å². The Morgan fingerprint density at radius 2 is 1.88 bits per heavy atom. The van der Waals surface area contributed by atoms with Crippen LogP contribution in [0, 0.1) is 0 Å². The number of carbonyl (C=O) groups is 2. The van der Waals surface area contributed by atoms with Gasteiger partial charge in [-0.25, -0.2) is 14.4 Å². The van der Waals surface area contributed by atoms with Gasteiger partial charge in [-0.1, -0.05) is 20.8 Å². The molecule has 1 saturated heterocycles. The van der Waals surface area contributed by atoms with Crippen molar-refractivity contribution in [2.75, 3.05) is 13.1 Å². The number of nitrogens with zero attached hydrogens (tertiary/aromatic N) is 4. The molecule has 2 aliphatic rings. The predicted octanol–water partition coefficient (Wildman–Crippen LogP) is 2.10. The summed E-state index contributed by atoms with van der Waals surface area (Å²) in [6.07, 6.45) is -8.23. The topological polar surface area (TPSA) is 113 Å². The van der Waals surface area contributed by atoms with Crippen LogP contribution < -0.4 is 5.73 Å². The van der Waals surface area contributed by atoms with Crippen LogP contribution in [0.25, 0.3) is 0 Å². The summed E-state index contributed by atoms with van der Waals surface area (Å²) in [6.45, 7) is 4.84. The van der Waals surface area contributed by atoms with Crippen LogP contribution in [-0.2, 0) is 34.1 Å². The highest BCUT2D eigenvalue weighted by molar-refractivity contribution is 5.85. The number of likely N-dealkylation sites (tertiary alicyclic amines) is 1. The highest BCUT2D eigenvalue weighted by atomic mass is 35.5. The predicted molar refractivity (Wildman–Crippen MR) is 117 cm³/mol. The average Bonchev–Trinajstić information content (AvgIpc) is 2.71. The number of hydrogen-bond donors (Lipinski definition) is 2. The van der Waals surface area contributed by atoms with Gasteiger partial charge in [0.25, 0.3) is 0 Å². The number of nitrogens with two attached hydrogens (primary N) is 1. The molecule has 192 valence electrons. The number of halogens is 5. The SMILES string of the molecule is CC(C)(C)c1nc2c(c(C(F)(F)F)n1)CCN(C(=O)C[C@H](N)CN1C(=O)CCC(F)C1O)C2.Cl. The first kappa shape index (κ1) is 28.2. The number of rotatable bonds is 4. The third-order valence-electron chi connectivity index (χ3n) is 5.82. The summed E-state index contributed by atoms with van der Waals surface area (Å²) in [5, 5.41) is 9.91. The fourth-order valence-electron chi connectivity index (χ4n) is 3.99. The molecule has 3 atom stereocenters. The first-order chi connectivity index (χ1) is 15.2. The van der Waals surface area contributed by atoms with Gasteiger partial charge in [-0.2, -0.15) is 13.2 Å². The number of aliphatic hydroxyl groups is 1. The molecule has 3 N–H and O–H groups in total. The van der Waals surface area contributed by atoms with Crippen molar-refractivity contribution in [1.82, 2.24) is 19.8 Å². The van der Waals surface area contributed by atoms with Crippen LogP contribution in [-0.4, -0.2) is 68.2 Å². The number of aliphatic hydroxyl groups excluding tert-OH is 1. The van der Waals surface area contributed by atoms with Gasteiger partial charge in [0, 0.05) is 43.0 Å². The maximum absolute atomic E-state index is 13.7. The highest BCUT2D eigenvalue weighted by Gasteiger charge is 2.40. The third kappa shape index (κ3) is 6.14. The summed E-state index contributed by atoms with van der Waals surface area (Å²) in [6, 6.07) is -0.871. The smallest absolute Gasteiger partial charge is 0.370 e. The Balaban J connectivity index is 0.00000408. The van der Waals surface area contributed by atoms with E-state index in [4.69, 9.17) is 5.73 Å². The Hall–Kier alpha value is -2.05. The van der Waals surface area contributed by atoms with Crippen molar-refractivity contribution in [3.8, 4) is 0 Å². The lowest BCUT2D eigenvalue weighted by atomic mass is 9.93. The van der Waals surface area contributed by atoms with Crippen molar-refractivity contribution in [3.63, 3.8) is 0 Å². The second-order valence-corrected chi connectivity index (χ2v) is 9.61. The molecule has 0 aliphatic carbocycles. The molecule has 0 bridgehead atoms. The average molecular weight is 512 g/mol. The Kier molecular flexibility index (Phi) is 8.53. The fourth-order valence-corrected chi connectivity index (χ4v) is 3.99. The number of piperidine rings is 1. The molecule has 1 aromatic heterocycles. The molecule has 2 unspecified atom stereocenters. The molecule has 34 heavy (non-hydrogen) atoms. The third-order valence-corrected chi connectivity index (χ3v) is 5.82. The van der Waals surface area contributed by atoms with Crippen LogP contribution in [0.1, 0.15) is 62.8 Å². The standard InChI is InChI=1S/C21H29F4N5O3.ClH/c1-20(2,3)19-27-14-10-29(7-6-12(14)17(28-19)21(23,24)25)16(32)8-11(26)9-30-15(31)5-4-13(22)18(30)33;/h11,13,18,33H,4-10,26H2,1-3H3;1H/t11-,13?,18?;/m0./s1. The van der Waals surface area contributed by atoms with Gasteiger partial charge in [0.15, 0.2) is 11.9 Å². The van der Waals surface area contributed by atoms with E-state index in [1.165, 1.54) is 4.90 Å². The molecular formula is C21H30ClF4N5O3. The number of alkyl halides is 4. The van der Waals surface area contributed by atoms with Crippen molar-refractivity contribution in [2.45, 2.75) is 83.0 Å².